The smallest absolute Gasteiger partial charge is 0.115 e. The fraction of sp³-hybridized carbons (Fsp3) is 0.333. The number of para-hydroxylation sites is 1. The molecule has 1 fully saturated rings. The summed E-state index contributed by atoms with van der Waals surface area (Å²) in [7, 11) is 0. The van der Waals surface area contributed by atoms with Crippen molar-refractivity contribution in [2.45, 2.75) is 25.3 Å². The lowest BCUT2D eigenvalue weighted by atomic mass is 9.73. The predicted molar refractivity (Wildman–Crippen MR) is 119 cm³/mol. The molecule has 29 heavy (non-hydrogen) atoms. The molecule has 0 spiro atoms. The van der Waals surface area contributed by atoms with Crippen LogP contribution in [0, 0.1) is 11.8 Å². The molecule has 2 heterocycles. The van der Waals surface area contributed by atoms with E-state index in [0.717, 1.165) is 42.4 Å². The number of phenolic OH excluding ortho intramolecular Hbond substituents is 1. The maximum atomic E-state index is 10.4. The van der Waals surface area contributed by atoms with Gasteiger partial charge in [-0.25, -0.2) is 0 Å². The molecule has 4 nitrogen and oxygen atoms in total. The first kappa shape index (κ1) is 18.8. The maximum Gasteiger partial charge on any atom is 0.115 e. The summed E-state index contributed by atoms with van der Waals surface area (Å²) in [5.74, 6) is 1.56. The average Bonchev–Trinajstić information content (AvgIpc) is 3.05. The van der Waals surface area contributed by atoms with Gasteiger partial charge in [0.25, 0.3) is 0 Å². The van der Waals surface area contributed by atoms with Crippen molar-refractivity contribution < 1.29 is 10.2 Å². The Balaban J connectivity index is 1.44. The van der Waals surface area contributed by atoms with Gasteiger partial charge < -0.3 is 15.2 Å². The zero-order valence-electron chi connectivity index (χ0n) is 16.2. The fourth-order valence-corrected chi connectivity index (χ4v) is 5.84. The highest BCUT2D eigenvalue weighted by atomic mass is 79.9. The molecular formula is C24H25BrN2O2. The number of hydrogen-bond acceptors (Lipinski definition) is 3. The number of likely N-dealkylation sites (tertiary alicyclic amines) is 1. The maximum absolute atomic E-state index is 10.4. The van der Waals surface area contributed by atoms with Crippen LogP contribution in [0.3, 0.4) is 0 Å². The number of nitrogens with zero attached hydrogens (tertiary/aromatic N) is 1. The van der Waals surface area contributed by atoms with Gasteiger partial charge in [0.05, 0.1) is 11.6 Å². The number of H-pyrrole nitrogens is 1. The Kier molecular flexibility index (Phi) is 4.67. The van der Waals surface area contributed by atoms with Crippen LogP contribution in [0.15, 0.2) is 59.3 Å². The summed E-state index contributed by atoms with van der Waals surface area (Å²) in [4.78, 5) is 5.99. The third-order valence-corrected chi connectivity index (χ3v) is 7.36. The van der Waals surface area contributed by atoms with Gasteiger partial charge in [0.1, 0.15) is 11.5 Å². The summed E-state index contributed by atoms with van der Waals surface area (Å²) in [5.41, 5.74) is 4.93. The van der Waals surface area contributed by atoms with Crippen molar-refractivity contribution >= 4 is 26.8 Å². The predicted octanol–water partition coefficient (Wildman–Crippen LogP) is 5.49. The average molecular weight is 453 g/mol. The van der Waals surface area contributed by atoms with Crippen molar-refractivity contribution in [2.75, 3.05) is 13.1 Å². The third kappa shape index (κ3) is 3.26. The number of hydrogen-bond donors (Lipinski definition) is 3. The number of aliphatic hydroxyl groups is 1. The van der Waals surface area contributed by atoms with Crippen LogP contribution in [-0.4, -0.2) is 33.2 Å². The van der Waals surface area contributed by atoms with Gasteiger partial charge in [0.2, 0.25) is 0 Å². The zero-order chi connectivity index (χ0) is 20.1. The highest BCUT2D eigenvalue weighted by molar-refractivity contribution is 9.10. The standard InChI is InChI=1S/C24H25BrN2O2/c1-14(28)24(16-4-2-5-18(29)10-16)27-9-8-15-12-22-20(11-17(15)13-27)19-6-3-7-21(25)23(19)26-22/h2-7,10,15,17,24,26,28-29H,1,8-9,11-13H2. The summed E-state index contributed by atoms with van der Waals surface area (Å²) in [6.07, 6.45) is 3.24. The minimum Gasteiger partial charge on any atom is -0.511 e. The van der Waals surface area contributed by atoms with Gasteiger partial charge in [0.15, 0.2) is 0 Å². The number of aromatic nitrogens is 1. The van der Waals surface area contributed by atoms with Crippen LogP contribution in [0.1, 0.15) is 29.3 Å². The zero-order valence-corrected chi connectivity index (χ0v) is 17.8. The second-order valence-electron chi connectivity index (χ2n) is 8.45. The Morgan fingerprint density at radius 3 is 2.79 bits per heavy atom. The number of aromatic amines is 1. The molecule has 0 amide bonds. The topological polar surface area (TPSA) is 59.5 Å². The summed E-state index contributed by atoms with van der Waals surface area (Å²) in [6.45, 7) is 5.68. The minimum atomic E-state index is -0.276. The molecule has 0 saturated carbocycles. The van der Waals surface area contributed by atoms with Crippen molar-refractivity contribution in [2.24, 2.45) is 11.8 Å². The first-order valence-corrected chi connectivity index (χ1v) is 11.0. The third-order valence-electron chi connectivity index (χ3n) is 6.70. The highest BCUT2D eigenvalue weighted by Crippen LogP contribution is 2.42. The molecule has 150 valence electrons. The van der Waals surface area contributed by atoms with Crippen LogP contribution in [0.5, 0.6) is 5.75 Å². The molecule has 1 aliphatic heterocycles. The fourth-order valence-electron chi connectivity index (χ4n) is 5.38. The van der Waals surface area contributed by atoms with Crippen molar-refractivity contribution in [1.82, 2.24) is 9.88 Å². The second-order valence-corrected chi connectivity index (χ2v) is 9.30. The van der Waals surface area contributed by atoms with E-state index in [1.54, 1.807) is 12.1 Å². The number of benzene rings is 2. The number of piperidine rings is 1. The normalized spacial score (nSPS) is 22.8. The Hall–Kier alpha value is -2.24. The van der Waals surface area contributed by atoms with Crippen LogP contribution in [0.4, 0.5) is 0 Å². The lowest BCUT2D eigenvalue weighted by Gasteiger charge is -2.44. The number of aliphatic hydroxyl groups excluding tert-OH is 1. The minimum absolute atomic E-state index is 0.140. The second kappa shape index (κ2) is 7.22. The van der Waals surface area contributed by atoms with E-state index in [-0.39, 0.29) is 17.6 Å². The van der Waals surface area contributed by atoms with Gasteiger partial charge in [-0.2, -0.15) is 0 Å². The van der Waals surface area contributed by atoms with E-state index in [4.69, 9.17) is 0 Å². The van der Waals surface area contributed by atoms with E-state index >= 15 is 0 Å². The lowest BCUT2D eigenvalue weighted by molar-refractivity contribution is 0.0716. The Labute approximate surface area is 179 Å². The molecule has 3 aromatic rings. The van der Waals surface area contributed by atoms with Crippen molar-refractivity contribution in [3.05, 3.63) is 76.1 Å². The summed E-state index contributed by atoms with van der Waals surface area (Å²) >= 11 is 3.68. The van der Waals surface area contributed by atoms with E-state index in [1.807, 2.05) is 12.1 Å². The van der Waals surface area contributed by atoms with Crippen molar-refractivity contribution in [3.8, 4) is 5.75 Å². The van der Waals surface area contributed by atoms with Gasteiger partial charge in [-0.05, 0) is 82.9 Å². The number of rotatable bonds is 3. The SMILES string of the molecule is C=C(O)C(c1cccc(O)c1)N1CCC2Cc3[nH]c4c(Br)cccc4c3CC2C1. The molecule has 5 rings (SSSR count). The highest BCUT2D eigenvalue weighted by Gasteiger charge is 2.38. The summed E-state index contributed by atoms with van der Waals surface area (Å²) < 4.78 is 1.12. The van der Waals surface area contributed by atoms with Crippen LogP contribution < -0.4 is 0 Å². The van der Waals surface area contributed by atoms with E-state index in [0.29, 0.717) is 11.8 Å². The first-order chi connectivity index (χ1) is 14.0. The van der Waals surface area contributed by atoms with E-state index in [1.165, 1.54) is 22.2 Å². The molecule has 1 saturated heterocycles. The Morgan fingerprint density at radius 1 is 1.17 bits per heavy atom. The van der Waals surface area contributed by atoms with Crippen LogP contribution in [0.2, 0.25) is 0 Å². The van der Waals surface area contributed by atoms with Gasteiger partial charge >= 0.3 is 0 Å². The van der Waals surface area contributed by atoms with Gasteiger partial charge in [0, 0.05) is 22.1 Å². The molecule has 3 atom stereocenters. The molecular weight excluding hydrogens is 428 g/mol. The Morgan fingerprint density at radius 2 is 2.00 bits per heavy atom. The number of halogens is 1. The molecule has 3 unspecified atom stereocenters. The van der Waals surface area contributed by atoms with E-state index < -0.39 is 0 Å². The molecule has 1 aliphatic carbocycles. The largest absolute Gasteiger partial charge is 0.511 e. The molecule has 0 bridgehead atoms. The molecule has 2 aromatic carbocycles. The van der Waals surface area contributed by atoms with Gasteiger partial charge in [-0.3, -0.25) is 4.90 Å². The number of fused-ring (bicyclic) bond motifs is 4. The summed E-state index contributed by atoms with van der Waals surface area (Å²) in [6, 6.07) is 13.3. The molecule has 5 heteroatoms. The first-order valence-electron chi connectivity index (χ1n) is 10.2. The summed E-state index contributed by atoms with van der Waals surface area (Å²) in [5, 5.41) is 21.6. The lowest BCUT2D eigenvalue weighted by Crippen LogP contribution is -2.45. The molecule has 2 aliphatic rings. The molecule has 1 aromatic heterocycles. The number of aromatic hydroxyl groups is 1. The number of nitrogens with one attached hydrogen (secondary N) is 1. The van der Waals surface area contributed by atoms with E-state index in [2.05, 4.69) is 50.6 Å². The van der Waals surface area contributed by atoms with E-state index in [9.17, 15) is 10.2 Å². The number of phenols is 1. The van der Waals surface area contributed by atoms with Crippen LogP contribution in [0.25, 0.3) is 10.9 Å². The van der Waals surface area contributed by atoms with Crippen LogP contribution >= 0.6 is 15.9 Å². The monoisotopic (exact) mass is 452 g/mol. The van der Waals surface area contributed by atoms with Crippen LogP contribution in [-0.2, 0) is 12.8 Å². The van der Waals surface area contributed by atoms with Gasteiger partial charge in [-0.1, -0.05) is 30.8 Å². The van der Waals surface area contributed by atoms with Crippen molar-refractivity contribution in [1.29, 1.82) is 0 Å². The van der Waals surface area contributed by atoms with Gasteiger partial charge in [-0.15, -0.1) is 0 Å². The van der Waals surface area contributed by atoms with Crippen molar-refractivity contribution in [3.63, 3.8) is 0 Å². The molecule has 3 N–H and O–H groups in total. The Bertz CT molecular complexity index is 1090. The quantitative estimate of drug-likeness (QED) is 0.460. The molecule has 0 radical (unpaired) electrons.